The first kappa shape index (κ1) is 10.0. The van der Waals surface area contributed by atoms with Crippen molar-refractivity contribution in [1.82, 2.24) is 0 Å². The second kappa shape index (κ2) is 7.13. The fourth-order valence-electron chi connectivity index (χ4n) is 0.683. The van der Waals surface area contributed by atoms with Gasteiger partial charge in [-0.25, -0.2) is 0 Å². The zero-order valence-electron chi connectivity index (χ0n) is 7.50. The molecule has 0 heterocycles. The lowest BCUT2D eigenvalue weighted by Gasteiger charge is -1.99. The van der Waals surface area contributed by atoms with Crippen molar-refractivity contribution in [3.63, 3.8) is 0 Å². The molecule has 0 atom stereocenters. The number of para-hydroxylation sites is 1. The van der Waals surface area contributed by atoms with Crippen LogP contribution in [0.3, 0.4) is 0 Å². The van der Waals surface area contributed by atoms with Crippen LogP contribution in [0.1, 0.15) is 20.8 Å². The van der Waals surface area contributed by atoms with Gasteiger partial charge in [0.15, 0.2) is 0 Å². The summed E-state index contributed by atoms with van der Waals surface area (Å²) in [6.45, 7) is 6.72. The van der Waals surface area contributed by atoms with Crippen LogP contribution in [0.4, 0.5) is 0 Å². The molecule has 1 heteroatoms. The first-order valence-corrected chi connectivity index (χ1v) is 4.11. The number of ether oxygens (including phenoxy) is 1. The third-order valence-corrected chi connectivity index (χ3v) is 1.05. The van der Waals surface area contributed by atoms with Gasteiger partial charge in [0.05, 0.1) is 6.61 Å². The van der Waals surface area contributed by atoms with Crippen molar-refractivity contribution >= 4 is 0 Å². The maximum atomic E-state index is 5.21. The summed E-state index contributed by atoms with van der Waals surface area (Å²) >= 11 is 0. The Morgan fingerprint density at radius 3 is 2.09 bits per heavy atom. The Labute approximate surface area is 69.0 Å². The molecular formula is C10H16O. The highest BCUT2D eigenvalue weighted by molar-refractivity contribution is 5.20. The van der Waals surface area contributed by atoms with Crippen molar-refractivity contribution in [2.75, 3.05) is 6.61 Å². The minimum absolute atomic E-state index is 0.740. The molecule has 62 valence electrons. The molecular weight excluding hydrogens is 136 g/mol. The lowest BCUT2D eigenvalue weighted by atomic mass is 10.3. The standard InChI is InChI=1S/C8H10O.C2H6/c1-2-9-8-6-4-3-5-7-8;1-2/h3-7H,2H2,1H3;1-2H3. The molecule has 1 aromatic rings. The van der Waals surface area contributed by atoms with Crippen LogP contribution in [0.25, 0.3) is 0 Å². The zero-order valence-corrected chi connectivity index (χ0v) is 7.50. The molecule has 0 saturated heterocycles. The lowest BCUT2D eigenvalue weighted by molar-refractivity contribution is 0.340. The number of rotatable bonds is 2. The Hall–Kier alpha value is -0.980. The molecule has 0 bridgehead atoms. The molecule has 0 spiro atoms. The molecule has 0 aliphatic carbocycles. The van der Waals surface area contributed by atoms with Gasteiger partial charge in [-0.15, -0.1) is 0 Å². The maximum absolute atomic E-state index is 5.21. The summed E-state index contributed by atoms with van der Waals surface area (Å²) < 4.78 is 5.21. The number of hydrogen-bond acceptors (Lipinski definition) is 1. The largest absolute Gasteiger partial charge is 0.494 e. The normalized spacial score (nSPS) is 7.91. The molecule has 0 N–H and O–H groups in total. The van der Waals surface area contributed by atoms with E-state index in [-0.39, 0.29) is 0 Å². The van der Waals surface area contributed by atoms with E-state index in [2.05, 4.69) is 0 Å². The summed E-state index contributed by atoms with van der Waals surface area (Å²) in [5.41, 5.74) is 0. The second-order valence-corrected chi connectivity index (χ2v) is 1.75. The third kappa shape index (κ3) is 4.43. The highest BCUT2D eigenvalue weighted by atomic mass is 16.5. The summed E-state index contributed by atoms with van der Waals surface area (Å²) in [5.74, 6) is 0.944. The highest BCUT2D eigenvalue weighted by Crippen LogP contribution is 2.06. The van der Waals surface area contributed by atoms with Crippen molar-refractivity contribution in [1.29, 1.82) is 0 Å². The number of benzene rings is 1. The molecule has 0 amide bonds. The Bertz CT molecular complexity index is 158. The summed E-state index contributed by atoms with van der Waals surface area (Å²) in [4.78, 5) is 0. The van der Waals surface area contributed by atoms with E-state index in [1.165, 1.54) is 0 Å². The van der Waals surface area contributed by atoms with Gasteiger partial charge < -0.3 is 4.74 Å². The van der Waals surface area contributed by atoms with Crippen LogP contribution in [-0.2, 0) is 0 Å². The van der Waals surface area contributed by atoms with E-state index in [1.807, 2.05) is 51.1 Å². The Morgan fingerprint density at radius 1 is 1.09 bits per heavy atom. The first-order chi connectivity index (χ1) is 5.43. The molecule has 0 aliphatic rings. The smallest absolute Gasteiger partial charge is 0.119 e. The second-order valence-electron chi connectivity index (χ2n) is 1.75. The van der Waals surface area contributed by atoms with Crippen LogP contribution in [0.5, 0.6) is 5.75 Å². The Kier molecular flexibility index (Phi) is 6.50. The van der Waals surface area contributed by atoms with Crippen LogP contribution < -0.4 is 4.74 Å². The number of hydrogen-bond donors (Lipinski definition) is 0. The molecule has 0 aromatic heterocycles. The monoisotopic (exact) mass is 152 g/mol. The van der Waals surface area contributed by atoms with Crippen molar-refractivity contribution in [2.45, 2.75) is 20.8 Å². The van der Waals surface area contributed by atoms with Crippen molar-refractivity contribution in [3.05, 3.63) is 30.3 Å². The van der Waals surface area contributed by atoms with Gasteiger partial charge in [-0.3, -0.25) is 0 Å². The summed E-state index contributed by atoms with van der Waals surface area (Å²) in [5, 5.41) is 0. The van der Waals surface area contributed by atoms with Gasteiger partial charge in [0.1, 0.15) is 5.75 Å². The van der Waals surface area contributed by atoms with Crippen molar-refractivity contribution in [2.24, 2.45) is 0 Å². The minimum Gasteiger partial charge on any atom is -0.494 e. The molecule has 0 unspecified atom stereocenters. The summed E-state index contributed by atoms with van der Waals surface area (Å²) in [7, 11) is 0. The highest BCUT2D eigenvalue weighted by Gasteiger charge is 1.83. The maximum Gasteiger partial charge on any atom is 0.119 e. The summed E-state index contributed by atoms with van der Waals surface area (Å²) in [6, 6.07) is 9.80. The Balaban J connectivity index is 0.000000461. The molecule has 1 rings (SSSR count). The fourth-order valence-corrected chi connectivity index (χ4v) is 0.683. The van der Waals surface area contributed by atoms with Crippen molar-refractivity contribution < 1.29 is 4.74 Å². The third-order valence-electron chi connectivity index (χ3n) is 1.05. The van der Waals surface area contributed by atoms with E-state index in [0.29, 0.717) is 0 Å². The van der Waals surface area contributed by atoms with E-state index >= 15 is 0 Å². The SMILES string of the molecule is CC.CCOc1ccccc1. The average Bonchev–Trinajstić information content (AvgIpc) is 2.11. The molecule has 1 nitrogen and oxygen atoms in total. The van der Waals surface area contributed by atoms with Crippen molar-refractivity contribution in [3.8, 4) is 5.75 Å². The van der Waals surface area contributed by atoms with Gasteiger partial charge in [-0.05, 0) is 19.1 Å². The topological polar surface area (TPSA) is 9.23 Å². The van der Waals surface area contributed by atoms with E-state index in [0.717, 1.165) is 12.4 Å². The predicted molar refractivity (Wildman–Crippen MR) is 49.0 cm³/mol. The van der Waals surface area contributed by atoms with E-state index in [9.17, 15) is 0 Å². The predicted octanol–water partition coefficient (Wildman–Crippen LogP) is 3.11. The minimum atomic E-state index is 0.740. The van der Waals surface area contributed by atoms with Gasteiger partial charge in [0.25, 0.3) is 0 Å². The van der Waals surface area contributed by atoms with Gasteiger partial charge >= 0.3 is 0 Å². The van der Waals surface area contributed by atoms with Gasteiger partial charge in [-0.2, -0.15) is 0 Å². The molecule has 1 aromatic carbocycles. The van der Waals surface area contributed by atoms with Gasteiger partial charge in [-0.1, -0.05) is 32.0 Å². The van der Waals surface area contributed by atoms with Crippen LogP contribution in [0, 0.1) is 0 Å². The summed E-state index contributed by atoms with van der Waals surface area (Å²) in [6.07, 6.45) is 0. The molecule has 11 heavy (non-hydrogen) atoms. The molecule has 0 fully saturated rings. The first-order valence-electron chi connectivity index (χ1n) is 4.11. The fraction of sp³-hybridized carbons (Fsp3) is 0.400. The van der Waals surface area contributed by atoms with Crippen LogP contribution in [0.15, 0.2) is 30.3 Å². The van der Waals surface area contributed by atoms with E-state index < -0.39 is 0 Å². The quantitative estimate of drug-likeness (QED) is 0.632. The lowest BCUT2D eigenvalue weighted by Crippen LogP contribution is -1.89. The van der Waals surface area contributed by atoms with Crippen LogP contribution >= 0.6 is 0 Å². The van der Waals surface area contributed by atoms with E-state index in [1.54, 1.807) is 0 Å². The average molecular weight is 152 g/mol. The molecule has 0 aliphatic heterocycles. The van der Waals surface area contributed by atoms with Gasteiger partial charge in [0, 0.05) is 0 Å². The zero-order chi connectivity index (χ0) is 8.53. The van der Waals surface area contributed by atoms with Crippen LogP contribution in [0.2, 0.25) is 0 Å². The van der Waals surface area contributed by atoms with Gasteiger partial charge in [0.2, 0.25) is 0 Å². The molecule has 0 saturated carbocycles. The molecule has 0 radical (unpaired) electrons. The Morgan fingerprint density at radius 2 is 1.64 bits per heavy atom. The van der Waals surface area contributed by atoms with E-state index in [4.69, 9.17) is 4.74 Å². The van der Waals surface area contributed by atoms with Crippen LogP contribution in [-0.4, -0.2) is 6.61 Å².